The molecule has 3 heterocycles. The molecule has 3 aliphatic rings. The van der Waals surface area contributed by atoms with E-state index >= 15 is 0 Å². The lowest BCUT2D eigenvalue weighted by atomic mass is 9.96. The van der Waals surface area contributed by atoms with Gasteiger partial charge in [-0.05, 0) is 30.0 Å². The number of amides is 3. The summed E-state index contributed by atoms with van der Waals surface area (Å²) in [6.45, 7) is 2.83. The van der Waals surface area contributed by atoms with Gasteiger partial charge >= 0.3 is 0 Å². The maximum Gasteiger partial charge on any atom is 0.255 e. The maximum atomic E-state index is 12.7. The summed E-state index contributed by atoms with van der Waals surface area (Å²) >= 11 is 0. The number of hydrogen-bond donors (Lipinski definition) is 3. The number of ether oxygens (including phenoxy) is 1. The van der Waals surface area contributed by atoms with Crippen LogP contribution in [0, 0.1) is 0 Å². The van der Waals surface area contributed by atoms with Crippen LogP contribution in [-0.4, -0.2) is 61.0 Å². The van der Waals surface area contributed by atoms with Crippen LogP contribution in [0.1, 0.15) is 40.7 Å². The largest absolute Gasteiger partial charge is 0.385 e. The number of piperidine rings is 1. The Labute approximate surface area is 164 Å². The Kier molecular flexibility index (Phi) is 5.43. The van der Waals surface area contributed by atoms with Crippen LogP contribution in [0.5, 0.6) is 0 Å². The third kappa shape index (κ3) is 3.67. The first-order valence-electron chi connectivity index (χ1n) is 9.79. The molecular formula is C20H26N4O4. The Balaban J connectivity index is 1.37. The Hall–Kier alpha value is -2.29. The van der Waals surface area contributed by atoms with Crippen LogP contribution in [-0.2, 0) is 27.4 Å². The number of imide groups is 1. The highest BCUT2D eigenvalue weighted by Crippen LogP contribution is 2.28. The van der Waals surface area contributed by atoms with Crippen molar-refractivity contribution >= 4 is 17.7 Å². The third-order valence-corrected chi connectivity index (χ3v) is 5.87. The van der Waals surface area contributed by atoms with Gasteiger partial charge in [0.15, 0.2) is 0 Å². The monoisotopic (exact) mass is 386 g/mol. The number of benzene rings is 1. The number of nitrogens with one attached hydrogen (secondary N) is 3. The van der Waals surface area contributed by atoms with Crippen LogP contribution in [0.4, 0.5) is 0 Å². The predicted octanol–water partition coefficient (Wildman–Crippen LogP) is -0.0859. The molecule has 0 bridgehead atoms. The number of carbonyl (C=O) groups excluding carboxylic acids is 3. The zero-order valence-corrected chi connectivity index (χ0v) is 16.0. The first-order valence-corrected chi connectivity index (χ1v) is 9.79. The highest BCUT2D eigenvalue weighted by Gasteiger charge is 2.39. The molecule has 0 aliphatic carbocycles. The number of nitrogens with zero attached hydrogens (tertiary/aromatic N) is 1. The van der Waals surface area contributed by atoms with Gasteiger partial charge in [-0.25, -0.2) is 0 Å². The van der Waals surface area contributed by atoms with Crippen molar-refractivity contribution in [2.24, 2.45) is 0 Å². The summed E-state index contributed by atoms with van der Waals surface area (Å²) in [4.78, 5) is 37.8. The SMILES string of the molecule is COCCC1NCC1NCc1ccc2c(c1)CN(C1CCC(=O)NC1=O)C2=O. The zero-order chi connectivity index (χ0) is 19.7. The minimum absolute atomic E-state index is 0.133. The lowest BCUT2D eigenvalue weighted by Crippen LogP contribution is -2.63. The van der Waals surface area contributed by atoms with E-state index in [4.69, 9.17) is 4.74 Å². The quantitative estimate of drug-likeness (QED) is 0.567. The molecule has 0 aromatic heterocycles. The third-order valence-electron chi connectivity index (χ3n) is 5.87. The van der Waals surface area contributed by atoms with Crippen LogP contribution >= 0.6 is 0 Å². The molecule has 2 saturated heterocycles. The molecule has 8 nitrogen and oxygen atoms in total. The fourth-order valence-electron chi connectivity index (χ4n) is 4.15. The summed E-state index contributed by atoms with van der Waals surface area (Å²) in [6, 6.07) is 6.14. The van der Waals surface area contributed by atoms with Gasteiger partial charge in [0.05, 0.1) is 0 Å². The summed E-state index contributed by atoms with van der Waals surface area (Å²) in [7, 11) is 1.71. The fourth-order valence-corrected chi connectivity index (χ4v) is 4.15. The van der Waals surface area contributed by atoms with Gasteiger partial charge in [-0.1, -0.05) is 12.1 Å². The highest BCUT2D eigenvalue weighted by atomic mass is 16.5. The summed E-state index contributed by atoms with van der Waals surface area (Å²) in [5.41, 5.74) is 2.71. The number of methoxy groups -OCH3 is 1. The van der Waals surface area contributed by atoms with Gasteiger partial charge in [-0.3, -0.25) is 19.7 Å². The smallest absolute Gasteiger partial charge is 0.255 e. The summed E-state index contributed by atoms with van der Waals surface area (Å²) < 4.78 is 5.14. The first kappa shape index (κ1) is 19.0. The molecule has 2 fully saturated rings. The van der Waals surface area contributed by atoms with Crippen molar-refractivity contribution in [1.29, 1.82) is 0 Å². The molecule has 1 aromatic rings. The van der Waals surface area contributed by atoms with Crippen LogP contribution < -0.4 is 16.0 Å². The highest BCUT2D eigenvalue weighted by molar-refractivity contribution is 6.05. The number of hydrogen-bond acceptors (Lipinski definition) is 6. The van der Waals surface area contributed by atoms with E-state index in [1.165, 1.54) is 0 Å². The van der Waals surface area contributed by atoms with Crippen molar-refractivity contribution in [3.63, 3.8) is 0 Å². The topological polar surface area (TPSA) is 99.8 Å². The number of rotatable bonds is 7. The standard InChI is InChI=1S/C20H26N4O4/c1-28-7-6-15-16(10-22-15)21-9-12-2-3-14-13(8-12)11-24(20(14)27)17-4-5-18(25)23-19(17)26/h2-3,8,15-17,21-22H,4-7,9-11H2,1H3,(H,23,25,26). The summed E-state index contributed by atoms with van der Waals surface area (Å²) in [5.74, 6) is -0.779. The summed E-state index contributed by atoms with van der Waals surface area (Å²) in [6.07, 6.45) is 1.63. The average molecular weight is 386 g/mol. The molecule has 150 valence electrons. The van der Waals surface area contributed by atoms with E-state index in [-0.39, 0.29) is 24.1 Å². The average Bonchev–Trinajstić information content (AvgIpc) is 2.97. The zero-order valence-electron chi connectivity index (χ0n) is 16.0. The minimum Gasteiger partial charge on any atom is -0.385 e. The van der Waals surface area contributed by atoms with E-state index in [2.05, 4.69) is 16.0 Å². The van der Waals surface area contributed by atoms with E-state index in [9.17, 15) is 14.4 Å². The number of carbonyl (C=O) groups is 3. The van der Waals surface area contributed by atoms with Crippen molar-refractivity contribution in [2.75, 3.05) is 20.3 Å². The molecule has 3 N–H and O–H groups in total. The van der Waals surface area contributed by atoms with Gasteiger partial charge in [0, 0.05) is 57.4 Å². The van der Waals surface area contributed by atoms with Crippen molar-refractivity contribution in [3.05, 3.63) is 34.9 Å². The molecule has 0 radical (unpaired) electrons. The van der Waals surface area contributed by atoms with Crippen LogP contribution in [0.15, 0.2) is 18.2 Å². The second-order valence-corrected chi connectivity index (χ2v) is 7.68. The van der Waals surface area contributed by atoms with Gasteiger partial charge < -0.3 is 20.3 Å². The van der Waals surface area contributed by atoms with Gasteiger partial charge in [0.25, 0.3) is 5.91 Å². The molecule has 28 heavy (non-hydrogen) atoms. The van der Waals surface area contributed by atoms with Crippen molar-refractivity contribution in [2.45, 2.75) is 50.5 Å². The Bertz CT molecular complexity index is 796. The van der Waals surface area contributed by atoms with Crippen molar-refractivity contribution in [1.82, 2.24) is 20.9 Å². The van der Waals surface area contributed by atoms with Crippen molar-refractivity contribution in [3.8, 4) is 0 Å². The molecular weight excluding hydrogens is 360 g/mol. The Morgan fingerprint density at radius 3 is 2.86 bits per heavy atom. The van der Waals surface area contributed by atoms with Crippen LogP contribution in [0.2, 0.25) is 0 Å². The van der Waals surface area contributed by atoms with Crippen LogP contribution in [0.25, 0.3) is 0 Å². The molecule has 3 atom stereocenters. The van der Waals surface area contributed by atoms with E-state index in [1.807, 2.05) is 18.2 Å². The molecule has 0 saturated carbocycles. The molecule has 3 amide bonds. The van der Waals surface area contributed by atoms with E-state index in [0.717, 1.165) is 37.2 Å². The maximum absolute atomic E-state index is 12.7. The fraction of sp³-hybridized carbons (Fsp3) is 0.550. The Morgan fingerprint density at radius 1 is 1.29 bits per heavy atom. The molecule has 8 heteroatoms. The lowest BCUT2D eigenvalue weighted by Gasteiger charge is -2.39. The lowest BCUT2D eigenvalue weighted by molar-refractivity contribution is -0.136. The molecule has 3 aliphatic heterocycles. The van der Waals surface area contributed by atoms with Crippen LogP contribution in [0.3, 0.4) is 0 Å². The normalized spacial score (nSPS) is 26.8. The van der Waals surface area contributed by atoms with E-state index in [0.29, 0.717) is 30.6 Å². The van der Waals surface area contributed by atoms with E-state index < -0.39 is 6.04 Å². The van der Waals surface area contributed by atoms with Gasteiger partial charge in [-0.15, -0.1) is 0 Å². The summed E-state index contributed by atoms with van der Waals surface area (Å²) in [5, 5.41) is 9.31. The van der Waals surface area contributed by atoms with Crippen molar-refractivity contribution < 1.29 is 19.1 Å². The van der Waals surface area contributed by atoms with Gasteiger partial charge in [0.2, 0.25) is 11.8 Å². The predicted molar refractivity (Wildman–Crippen MR) is 101 cm³/mol. The Morgan fingerprint density at radius 2 is 2.14 bits per heavy atom. The molecule has 0 spiro atoms. The second-order valence-electron chi connectivity index (χ2n) is 7.68. The molecule has 4 rings (SSSR count). The van der Waals surface area contributed by atoms with Gasteiger partial charge in [-0.2, -0.15) is 0 Å². The molecule has 3 unspecified atom stereocenters. The second kappa shape index (κ2) is 7.98. The minimum atomic E-state index is -0.568. The van der Waals surface area contributed by atoms with Gasteiger partial charge in [0.1, 0.15) is 6.04 Å². The van der Waals surface area contributed by atoms with E-state index in [1.54, 1.807) is 12.0 Å². The number of fused-ring (bicyclic) bond motifs is 1. The first-order chi connectivity index (χ1) is 13.6. The molecule has 1 aromatic carbocycles.